The van der Waals surface area contributed by atoms with Crippen LogP contribution in [0.15, 0.2) is 73.3 Å². The van der Waals surface area contributed by atoms with E-state index in [-0.39, 0.29) is 0 Å². The van der Waals surface area contributed by atoms with Gasteiger partial charge in [0, 0.05) is 11.8 Å². The number of rotatable bonds is 8. The topological polar surface area (TPSA) is 9.23 Å². The lowest BCUT2D eigenvalue weighted by molar-refractivity contribution is 0.179. The molecule has 1 fully saturated rings. The zero-order valence-corrected chi connectivity index (χ0v) is 19.1. The SMILES string of the molecule is C=CCCC1CCC(COc2ccc(C3C=CC(c4ccc(C)cc4)CC3)cc2)CC1. The zero-order chi connectivity index (χ0) is 21.5. The molecular formula is C30H38O. The maximum atomic E-state index is 6.15. The molecule has 0 saturated heterocycles. The molecular weight excluding hydrogens is 376 g/mol. The number of ether oxygens (including phenoxy) is 1. The van der Waals surface area contributed by atoms with E-state index in [0.29, 0.717) is 11.8 Å². The van der Waals surface area contributed by atoms with Crippen molar-refractivity contribution in [2.45, 2.75) is 70.1 Å². The van der Waals surface area contributed by atoms with Crippen molar-refractivity contribution in [3.63, 3.8) is 0 Å². The van der Waals surface area contributed by atoms with Crippen molar-refractivity contribution in [2.75, 3.05) is 6.61 Å². The standard InChI is InChI=1S/C30H38O/c1-3-4-5-24-8-10-25(11-9-24)22-31-30-20-18-29(19-21-30)28-16-14-27(15-17-28)26-12-6-23(2)7-13-26/h3,6-7,12-14,16,18-21,24-25,27-28H,1,4-5,8-11,15,17,22H2,2H3. The average Bonchev–Trinajstić information content (AvgIpc) is 2.83. The summed E-state index contributed by atoms with van der Waals surface area (Å²) in [5, 5.41) is 0. The van der Waals surface area contributed by atoms with Gasteiger partial charge in [0.15, 0.2) is 0 Å². The Morgan fingerprint density at radius 1 is 0.774 bits per heavy atom. The third-order valence-corrected chi connectivity index (χ3v) is 7.41. The van der Waals surface area contributed by atoms with Crippen molar-refractivity contribution >= 4 is 0 Å². The first-order chi connectivity index (χ1) is 15.2. The van der Waals surface area contributed by atoms with Crippen LogP contribution in [0.3, 0.4) is 0 Å². The van der Waals surface area contributed by atoms with Gasteiger partial charge in [0.1, 0.15) is 5.75 Å². The molecule has 2 aromatic rings. The number of allylic oxidation sites excluding steroid dienone is 3. The molecule has 2 aromatic carbocycles. The Hall–Kier alpha value is -2.28. The fourth-order valence-corrected chi connectivity index (χ4v) is 5.25. The summed E-state index contributed by atoms with van der Waals surface area (Å²) in [5.74, 6) is 3.74. The van der Waals surface area contributed by atoms with E-state index < -0.39 is 0 Å². The molecule has 0 bridgehead atoms. The Morgan fingerprint density at radius 3 is 1.87 bits per heavy atom. The molecule has 1 heteroatoms. The predicted octanol–water partition coefficient (Wildman–Crippen LogP) is 8.36. The summed E-state index contributed by atoms with van der Waals surface area (Å²) in [6, 6.07) is 17.9. The van der Waals surface area contributed by atoms with Crippen molar-refractivity contribution in [3.05, 3.63) is 90.0 Å². The molecule has 0 amide bonds. The number of aryl methyl sites for hydroxylation is 1. The van der Waals surface area contributed by atoms with Gasteiger partial charge >= 0.3 is 0 Å². The predicted molar refractivity (Wildman–Crippen MR) is 132 cm³/mol. The number of benzene rings is 2. The first-order valence-electron chi connectivity index (χ1n) is 12.3. The van der Waals surface area contributed by atoms with Gasteiger partial charge in [-0.15, -0.1) is 6.58 Å². The molecule has 1 saturated carbocycles. The Kier molecular flexibility index (Phi) is 7.67. The van der Waals surface area contributed by atoms with Gasteiger partial charge in [-0.25, -0.2) is 0 Å². The van der Waals surface area contributed by atoms with E-state index >= 15 is 0 Å². The lowest BCUT2D eigenvalue weighted by Gasteiger charge is -2.28. The molecule has 2 atom stereocenters. The van der Waals surface area contributed by atoms with Gasteiger partial charge < -0.3 is 4.74 Å². The van der Waals surface area contributed by atoms with E-state index in [2.05, 4.69) is 80.3 Å². The van der Waals surface area contributed by atoms with Gasteiger partial charge in [-0.05, 0) is 80.5 Å². The minimum Gasteiger partial charge on any atom is -0.493 e. The van der Waals surface area contributed by atoms with Crippen molar-refractivity contribution < 1.29 is 4.74 Å². The van der Waals surface area contributed by atoms with Crippen LogP contribution in [-0.2, 0) is 0 Å². The quantitative estimate of drug-likeness (QED) is 0.394. The molecule has 164 valence electrons. The highest BCUT2D eigenvalue weighted by Crippen LogP contribution is 2.36. The Labute approximate surface area is 189 Å². The van der Waals surface area contributed by atoms with E-state index in [1.165, 1.54) is 68.1 Å². The van der Waals surface area contributed by atoms with Crippen LogP contribution in [0.2, 0.25) is 0 Å². The van der Waals surface area contributed by atoms with Crippen LogP contribution in [0.25, 0.3) is 0 Å². The van der Waals surface area contributed by atoms with Crippen LogP contribution < -0.4 is 4.74 Å². The summed E-state index contributed by atoms with van der Waals surface area (Å²) >= 11 is 0. The van der Waals surface area contributed by atoms with E-state index in [1.807, 2.05) is 0 Å². The molecule has 2 aliphatic rings. The fourth-order valence-electron chi connectivity index (χ4n) is 5.25. The smallest absolute Gasteiger partial charge is 0.119 e. The summed E-state index contributed by atoms with van der Waals surface area (Å²) in [5.41, 5.74) is 4.19. The van der Waals surface area contributed by atoms with E-state index in [1.54, 1.807) is 0 Å². The van der Waals surface area contributed by atoms with Gasteiger partial charge in [-0.1, -0.05) is 73.0 Å². The van der Waals surface area contributed by atoms with Crippen LogP contribution in [0.4, 0.5) is 0 Å². The third-order valence-electron chi connectivity index (χ3n) is 7.41. The molecule has 0 aliphatic heterocycles. The number of hydrogen-bond donors (Lipinski definition) is 0. The zero-order valence-electron chi connectivity index (χ0n) is 19.1. The van der Waals surface area contributed by atoms with Gasteiger partial charge in [0.05, 0.1) is 6.61 Å². The Morgan fingerprint density at radius 2 is 1.32 bits per heavy atom. The van der Waals surface area contributed by atoms with Crippen LogP contribution >= 0.6 is 0 Å². The summed E-state index contributed by atoms with van der Waals surface area (Å²) < 4.78 is 6.15. The molecule has 4 rings (SSSR count). The lowest BCUT2D eigenvalue weighted by Crippen LogP contribution is -2.20. The van der Waals surface area contributed by atoms with Crippen LogP contribution in [-0.4, -0.2) is 6.61 Å². The largest absolute Gasteiger partial charge is 0.493 e. The molecule has 0 aromatic heterocycles. The van der Waals surface area contributed by atoms with Crippen LogP contribution in [0, 0.1) is 18.8 Å². The first-order valence-corrected chi connectivity index (χ1v) is 12.3. The lowest BCUT2D eigenvalue weighted by atomic mass is 9.80. The minimum absolute atomic E-state index is 0.529. The van der Waals surface area contributed by atoms with Crippen LogP contribution in [0.1, 0.15) is 79.9 Å². The Bertz CT molecular complexity index is 837. The highest BCUT2D eigenvalue weighted by Gasteiger charge is 2.21. The maximum Gasteiger partial charge on any atom is 0.119 e. The van der Waals surface area contributed by atoms with Gasteiger partial charge in [-0.3, -0.25) is 0 Å². The van der Waals surface area contributed by atoms with Crippen LogP contribution in [0.5, 0.6) is 5.75 Å². The van der Waals surface area contributed by atoms with Crippen molar-refractivity contribution in [1.82, 2.24) is 0 Å². The molecule has 31 heavy (non-hydrogen) atoms. The summed E-state index contributed by atoms with van der Waals surface area (Å²) in [7, 11) is 0. The first kappa shape index (κ1) is 21.9. The molecule has 0 radical (unpaired) electrons. The average molecular weight is 415 g/mol. The molecule has 1 nitrogen and oxygen atoms in total. The summed E-state index contributed by atoms with van der Waals surface area (Å²) in [6.07, 6.45) is 17.2. The minimum atomic E-state index is 0.529. The van der Waals surface area contributed by atoms with E-state index in [0.717, 1.165) is 24.2 Å². The molecule has 0 heterocycles. The second-order valence-electron chi connectivity index (χ2n) is 9.72. The van der Waals surface area contributed by atoms with Gasteiger partial charge in [-0.2, -0.15) is 0 Å². The Balaban J connectivity index is 1.24. The van der Waals surface area contributed by atoms with E-state index in [9.17, 15) is 0 Å². The fraction of sp³-hybridized carbons (Fsp3) is 0.467. The maximum absolute atomic E-state index is 6.15. The highest BCUT2D eigenvalue weighted by molar-refractivity contribution is 5.34. The molecule has 2 unspecified atom stereocenters. The summed E-state index contributed by atoms with van der Waals surface area (Å²) in [6.45, 7) is 6.88. The van der Waals surface area contributed by atoms with Gasteiger partial charge in [0.2, 0.25) is 0 Å². The van der Waals surface area contributed by atoms with E-state index in [4.69, 9.17) is 4.74 Å². The molecule has 0 spiro atoms. The van der Waals surface area contributed by atoms with Crippen molar-refractivity contribution in [2.24, 2.45) is 11.8 Å². The normalized spacial score (nSPS) is 25.8. The third kappa shape index (κ3) is 6.12. The monoisotopic (exact) mass is 414 g/mol. The molecule has 0 N–H and O–H groups in total. The van der Waals surface area contributed by atoms with Crippen molar-refractivity contribution in [1.29, 1.82) is 0 Å². The molecule has 2 aliphatic carbocycles. The van der Waals surface area contributed by atoms with Gasteiger partial charge in [0.25, 0.3) is 0 Å². The number of hydrogen-bond acceptors (Lipinski definition) is 1. The highest BCUT2D eigenvalue weighted by atomic mass is 16.5. The van der Waals surface area contributed by atoms with Crippen molar-refractivity contribution in [3.8, 4) is 5.75 Å². The summed E-state index contributed by atoms with van der Waals surface area (Å²) in [4.78, 5) is 0. The second-order valence-corrected chi connectivity index (χ2v) is 9.72. The second kappa shape index (κ2) is 10.8.